The van der Waals surface area contributed by atoms with Crippen LogP contribution < -0.4 is 0 Å². The minimum atomic E-state index is -3.11. The van der Waals surface area contributed by atoms with E-state index in [0.717, 1.165) is 13.0 Å². The Morgan fingerprint density at radius 1 is 1.35 bits per heavy atom. The zero-order chi connectivity index (χ0) is 17.0. The highest BCUT2D eigenvalue weighted by Crippen LogP contribution is 2.54. The summed E-state index contributed by atoms with van der Waals surface area (Å²) >= 11 is 0. The molecule has 0 radical (unpaired) electrons. The van der Waals surface area contributed by atoms with E-state index in [-0.39, 0.29) is 18.0 Å². The number of nitriles is 1. The molecular formula is C17H17F3N2O. The molecule has 1 aromatic rings. The quantitative estimate of drug-likeness (QED) is 0.831. The molecule has 1 aromatic carbocycles. The summed E-state index contributed by atoms with van der Waals surface area (Å²) in [5.41, 5.74) is -1.05. The molecule has 6 heteroatoms. The van der Waals surface area contributed by atoms with E-state index in [1.54, 1.807) is 0 Å². The summed E-state index contributed by atoms with van der Waals surface area (Å²) in [4.78, 5) is 14.1. The number of hydrogen-bond acceptors (Lipinski definition) is 2. The maximum atomic E-state index is 13.9. The van der Waals surface area contributed by atoms with E-state index in [2.05, 4.69) is 0 Å². The van der Waals surface area contributed by atoms with E-state index in [1.165, 1.54) is 24.0 Å². The largest absolute Gasteiger partial charge is 0.332 e. The number of benzene rings is 1. The van der Waals surface area contributed by atoms with Crippen molar-refractivity contribution in [2.24, 2.45) is 5.41 Å². The molecule has 3 atom stereocenters. The van der Waals surface area contributed by atoms with E-state index >= 15 is 0 Å². The molecule has 0 aliphatic carbocycles. The van der Waals surface area contributed by atoms with Crippen LogP contribution in [0.5, 0.6) is 0 Å². The van der Waals surface area contributed by atoms with Crippen LogP contribution in [0.2, 0.25) is 0 Å². The van der Waals surface area contributed by atoms with Crippen molar-refractivity contribution >= 4 is 5.91 Å². The smallest absolute Gasteiger partial charge is 0.259 e. The second-order valence-electron chi connectivity index (χ2n) is 6.77. The molecule has 2 fully saturated rings. The van der Waals surface area contributed by atoms with Crippen LogP contribution in [-0.2, 0) is 4.79 Å². The van der Waals surface area contributed by atoms with Crippen LogP contribution in [0.3, 0.4) is 0 Å². The Balaban J connectivity index is 1.98. The first kappa shape index (κ1) is 15.9. The van der Waals surface area contributed by atoms with Gasteiger partial charge in [-0.15, -0.1) is 0 Å². The fourth-order valence-corrected chi connectivity index (χ4v) is 3.80. The Hall–Kier alpha value is -2.03. The molecule has 3 nitrogen and oxygen atoms in total. The third-order valence-electron chi connectivity index (χ3n) is 5.26. The average molecular weight is 322 g/mol. The fourth-order valence-electron chi connectivity index (χ4n) is 3.80. The predicted octanol–water partition coefficient (Wildman–Crippen LogP) is 3.79. The first-order chi connectivity index (χ1) is 10.7. The van der Waals surface area contributed by atoms with Gasteiger partial charge in [-0.3, -0.25) is 4.79 Å². The molecule has 0 bridgehead atoms. The van der Waals surface area contributed by atoms with Crippen molar-refractivity contribution in [1.29, 1.82) is 5.26 Å². The Morgan fingerprint density at radius 2 is 2.04 bits per heavy atom. The molecule has 2 saturated heterocycles. The second-order valence-corrected chi connectivity index (χ2v) is 6.77. The lowest BCUT2D eigenvalue weighted by atomic mass is 9.80. The van der Waals surface area contributed by atoms with Crippen LogP contribution in [0, 0.1) is 22.6 Å². The highest BCUT2D eigenvalue weighted by molar-refractivity contribution is 5.87. The minimum absolute atomic E-state index is 0.103. The zero-order valence-corrected chi connectivity index (χ0v) is 12.9. The van der Waals surface area contributed by atoms with Crippen LogP contribution in [-0.4, -0.2) is 22.8 Å². The van der Waals surface area contributed by atoms with Gasteiger partial charge in [-0.25, -0.2) is 13.2 Å². The van der Waals surface area contributed by atoms with Crippen LogP contribution in [0.1, 0.15) is 50.3 Å². The summed E-state index contributed by atoms with van der Waals surface area (Å²) in [6.07, 6.45) is 1.31. The lowest BCUT2D eigenvalue weighted by molar-refractivity contribution is -0.156. The second kappa shape index (κ2) is 4.98. The summed E-state index contributed by atoms with van der Waals surface area (Å²) in [5, 5.41) is 8.96. The van der Waals surface area contributed by atoms with E-state index < -0.39 is 29.1 Å². The zero-order valence-electron chi connectivity index (χ0n) is 12.9. The Bertz CT molecular complexity index is 707. The molecule has 0 saturated carbocycles. The first-order valence-electron chi connectivity index (χ1n) is 7.58. The van der Waals surface area contributed by atoms with Gasteiger partial charge in [0.15, 0.2) is 0 Å². The van der Waals surface area contributed by atoms with Gasteiger partial charge in [0.2, 0.25) is 5.91 Å². The van der Waals surface area contributed by atoms with Crippen molar-refractivity contribution in [3.8, 4) is 6.07 Å². The minimum Gasteiger partial charge on any atom is -0.332 e. The Labute approximate surface area is 132 Å². The number of halogens is 3. The molecule has 3 rings (SSSR count). The summed E-state index contributed by atoms with van der Waals surface area (Å²) in [6, 6.07) is 5.11. The Kier molecular flexibility index (Phi) is 3.44. The first-order valence-corrected chi connectivity index (χ1v) is 7.58. The summed E-state index contributed by atoms with van der Waals surface area (Å²) in [7, 11) is 0. The molecule has 1 amide bonds. The number of fused-ring (bicyclic) bond motifs is 1. The van der Waals surface area contributed by atoms with Crippen molar-refractivity contribution in [2.75, 3.05) is 0 Å². The van der Waals surface area contributed by atoms with Gasteiger partial charge in [0, 0.05) is 13.0 Å². The molecule has 0 unspecified atom stereocenters. The normalized spacial score (nSPS) is 30.4. The van der Waals surface area contributed by atoms with E-state index in [4.69, 9.17) is 5.26 Å². The number of carbonyl (C=O) groups is 1. The van der Waals surface area contributed by atoms with Crippen LogP contribution in [0.25, 0.3) is 0 Å². The van der Waals surface area contributed by atoms with Gasteiger partial charge in [-0.05, 0) is 49.9 Å². The third-order valence-corrected chi connectivity index (χ3v) is 5.26. The molecule has 0 spiro atoms. The molecule has 0 N–H and O–H groups in total. The Morgan fingerprint density at radius 3 is 2.65 bits per heavy atom. The molecule has 122 valence electrons. The maximum absolute atomic E-state index is 13.9. The standard InChI is InChI=1S/C17H17F3N2O/c1-16(17(2,19)20)8-13-3-4-14(22(13)15(16)23)11-5-10(9-21)6-12(18)7-11/h5-7,13-14H,3-4,8H2,1-2H3/t13-,14+,16-/m0/s1. The van der Waals surface area contributed by atoms with Crippen molar-refractivity contribution in [3.63, 3.8) is 0 Å². The lowest BCUT2D eigenvalue weighted by Gasteiger charge is -2.31. The van der Waals surface area contributed by atoms with E-state index in [9.17, 15) is 18.0 Å². The van der Waals surface area contributed by atoms with E-state index in [0.29, 0.717) is 18.4 Å². The van der Waals surface area contributed by atoms with Gasteiger partial charge in [-0.1, -0.05) is 0 Å². The molecule has 2 heterocycles. The monoisotopic (exact) mass is 322 g/mol. The van der Waals surface area contributed by atoms with Gasteiger partial charge in [0.05, 0.1) is 17.7 Å². The third kappa shape index (κ3) is 2.30. The summed E-state index contributed by atoms with van der Waals surface area (Å²) in [5.74, 6) is -4.25. The summed E-state index contributed by atoms with van der Waals surface area (Å²) in [6.45, 7) is 2.08. The maximum Gasteiger partial charge on any atom is 0.259 e. The van der Waals surface area contributed by atoms with Crippen molar-refractivity contribution in [3.05, 3.63) is 35.1 Å². The predicted molar refractivity (Wildman–Crippen MR) is 77.1 cm³/mol. The average Bonchev–Trinajstić information content (AvgIpc) is 2.97. The SMILES string of the molecule is CC(F)(F)[C@@]1(C)C[C@@H]2CC[C@H](c3cc(F)cc(C#N)c3)N2C1=O. The van der Waals surface area contributed by atoms with Crippen LogP contribution in [0.15, 0.2) is 18.2 Å². The van der Waals surface area contributed by atoms with Gasteiger partial charge in [0.1, 0.15) is 11.2 Å². The number of amides is 1. The van der Waals surface area contributed by atoms with Crippen molar-refractivity contribution in [1.82, 2.24) is 4.90 Å². The number of carbonyl (C=O) groups excluding carboxylic acids is 1. The van der Waals surface area contributed by atoms with Gasteiger partial charge in [0.25, 0.3) is 5.92 Å². The van der Waals surface area contributed by atoms with E-state index in [1.807, 2.05) is 6.07 Å². The number of nitrogens with zero attached hydrogens (tertiary/aromatic N) is 2. The van der Waals surface area contributed by atoms with Crippen molar-refractivity contribution < 1.29 is 18.0 Å². The molecular weight excluding hydrogens is 305 g/mol. The molecule has 23 heavy (non-hydrogen) atoms. The highest BCUT2D eigenvalue weighted by atomic mass is 19.3. The van der Waals surface area contributed by atoms with Crippen molar-refractivity contribution in [2.45, 2.75) is 51.1 Å². The molecule has 0 aromatic heterocycles. The van der Waals surface area contributed by atoms with Crippen LogP contribution >= 0.6 is 0 Å². The highest BCUT2D eigenvalue weighted by Gasteiger charge is 2.62. The fraction of sp³-hybridized carbons (Fsp3) is 0.529. The molecule has 2 aliphatic heterocycles. The van der Waals surface area contributed by atoms with Crippen LogP contribution in [0.4, 0.5) is 13.2 Å². The number of hydrogen-bond donors (Lipinski definition) is 0. The van der Waals surface area contributed by atoms with Gasteiger partial charge in [-0.2, -0.15) is 5.26 Å². The molecule has 2 aliphatic rings. The summed E-state index contributed by atoms with van der Waals surface area (Å²) < 4.78 is 41.5. The van der Waals surface area contributed by atoms with Gasteiger partial charge >= 0.3 is 0 Å². The van der Waals surface area contributed by atoms with Gasteiger partial charge < -0.3 is 4.90 Å². The lowest BCUT2D eigenvalue weighted by Crippen LogP contribution is -2.44. The number of rotatable bonds is 2. The number of alkyl halides is 2. The topological polar surface area (TPSA) is 44.1 Å².